The number of carbonyl (C=O) groups excluding carboxylic acids is 2. The van der Waals surface area contributed by atoms with Crippen molar-refractivity contribution in [1.29, 1.82) is 0 Å². The van der Waals surface area contributed by atoms with E-state index in [0.29, 0.717) is 18.8 Å². The fraction of sp³-hybridized carbons (Fsp3) is 0.364. The predicted octanol–water partition coefficient (Wildman–Crippen LogP) is 3.43. The molecular weight excluding hydrogens is 354 g/mol. The van der Waals surface area contributed by atoms with E-state index in [2.05, 4.69) is 11.4 Å². The van der Waals surface area contributed by atoms with Crippen LogP contribution in [-0.2, 0) is 4.79 Å². The molecule has 0 radical (unpaired) electrons. The van der Waals surface area contributed by atoms with Crippen LogP contribution in [0.5, 0.6) is 5.75 Å². The molecule has 3 rings (SSSR count). The third-order valence-corrected chi connectivity index (χ3v) is 5.10. The molecule has 28 heavy (non-hydrogen) atoms. The lowest BCUT2D eigenvalue weighted by Gasteiger charge is -2.35. The second kappa shape index (κ2) is 8.33. The maximum Gasteiger partial charge on any atom is 0.318 e. The van der Waals surface area contributed by atoms with Gasteiger partial charge in [0.25, 0.3) is 0 Å². The number of benzene rings is 2. The molecule has 1 heterocycles. The molecule has 0 aliphatic carbocycles. The van der Waals surface area contributed by atoms with Crippen LogP contribution in [0.1, 0.15) is 29.7 Å². The molecule has 1 aliphatic heterocycles. The smallest absolute Gasteiger partial charge is 0.318 e. The summed E-state index contributed by atoms with van der Waals surface area (Å²) in [5.41, 5.74) is 4.21. The number of nitrogens with one attached hydrogen (secondary N) is 1. The van der Waals surface area contributed by atoms with Crippen molar-refractivity contribution >= 4 is 17.6 Å². The highest BCUT2D eigenvalue weighted by atomic mass is 16.5. The predicted molar refractivity (Wildman–Crippen MR) is 110 cm³/mol. The minimum absolute atomic E-state index is 0.0582. The van der Waals surface area contributed by atoms with Crippen molar-refractivity contribution in [1.82, 2.24) is 10.2 Å². The Bertz CT molecular complexity index is 881. The molecule has 1 unspecified atom stereocenters. The van der Waals surface area contributed by atoms with Crippen LogP contribution in [0.4, 0.5) is 10.5 Å². The van der Waals surface area contributed by atoms with Crippen molar-refractivity contribution in [3.63, 3.8) is 0 Å². The first-order valence-corrected chi connectivity index (χ1v) is 9.46. The molecule has 1 fully saturated rings. The summed E-state index contributed by atoms with van der Waals surface area (Å²) in [6.07, 6.45) is 0. The third kappa shape index (κ3) is 4.27. The molecule has 0 bridgehead atoms. The van der Waals surface area contributed by atoms with Crippen LogP contribution in [0.25, 0.3) is 0 Å². The molecule has 1 atom stereocenters. The van der Waals surface area contributed by atoms with Gasteiger partial charge in [0.15, 0.2) is 0 Å². The Morgan fingerprint density at radius 3 is 2.61 bits per heavy atom. The van der Waals surface area contributed by atoms with Gasteiger partial charge < -0.3 is 19.9 Å². The number of rotatable bonds is 4. The number of piperazine rings is 1. The van der Waals surface area contributed by atoms with Crippen LogP contribution in [0.15, 0.2) is 42.5 Å². The fourth-order valence-corrected chi connectivity index (χ4v) is 3.56. The summed E-state index contributed by atoms with van der Waals surface area (Å²) in [6.45, 7) is 7.05. The first kappa shape index (κ1) is 19.7. The van der Waals surface area contributed by atoms with E-state index in [1.165, 1.54) is 5.56 Å². The first-order valence-electron chi connectivity index (χ1n) is 9.46. The average molecular weight is 381 g/mol. The Labute approximate surface area is 166 Å². The van der Waals surface area contributed by atoms with Crippen LogP contribution in [-0.4, -0.2) is 43.6 Å². The lowest BCUT2D eigenvalue weighted by molar-refractivity contribution is -0.120. The minimum atomic E-state index is -0.217. The first-order chi connectivity index (χ1) is 13.4. The van der Waals surface area contributed by atoms with Crippen LogP contribution >= 0.6 is 0 Å². The van der Waals surface area contributed by atoms with Gasteiger partial charge in [-0.1, -0.05) is 29.8 Å². The molecule has 6 nitrogen and oxygen atoms in total. The summed E-state index contributed by atoms with van der Waals surface area (Å²) in [6, 6.07) is 13.2. The highest BCUT2D eigenvalue weighted by Crippen LogP contribution is 2.23. The van der Waals surface area contributed by atoms with Crippen molar-refractivity contribution < 1.29 is 14.3 Å². The number of hydrogen-bond acceptors (Lipinski definition) is 3. The van der Waals surface area contributed by atoms with E-state index >= 15 is 0 Å². The van der Waals surface area contributed by atoms with Gasteiger partial charge in [0.05, 0.1) is 13.2 Å². The van der Waals surface area contributed by atoms with E-state index < -0.39 is 0 Å². The number of ether oxygens (including phenoxy) is 1. The van der Waals surface area contributed by atoms with Crippen molar-refractivity contribution in [2.75, 3.05) is 31.6 Å². The summed E-state index contributed by atoms with van der Waals surface area (Å²) < 4.78 is 5.23. The van der Waals surface area contributed by atoms with Gasteiger partial charge in [0, 0.05) is 24.8 Å². The van der Waals surface area contributed by atoms with Crippen molar-refractivity contribution in [2.45, 2.75) is 26.8 Å². The van der Waals surface area contributed by atoms with Crippen molar-refractivity contribution in [3.8, 4) is 5.75 Å². The monoisotopic (exact) mass is 381 g/mol. The minimum Gasteiger partial charge on any atom is -0.497 e. The number of anilines is 1. The standard InChI is InChI=1S/C22H27N3O3/c1-15-8-9-20(16(2)12-15)17(3)23-22(27)24-10-11-25(21(26)14-24)18-6-5-7-19(13-18)28-4/h5-9,12-13,17H,10-11,14H2,1-4H3,(H,23,27). The molecule has 0 aromatic heterocycles. The topological polar surface area (TPSA) is 61.9 Å². The average Bonchev–Trinajstić information content (AvgIpc) is 2.67. The molecule has 1 saturated heterocycles. The number of methoxy groups -OCH3 is 1. The van der Waals surface area contributed by atoms with E-state index in [1.807, 2.05) is 57.2 Å². The van der Waals surface area contributed by atoms with Crippen LogP contribution in [0.3, 0.4) is 0 Å². The van der Waals surface area contributed by atoms with E-state index in [4.69, 9.17) is 4.74 Å². The Hall–Kier alpha value is -3.02. The molecule has 0 spiro atoms. The van der Waals surface area contributed by atoms with Gasteiger partial charge in [0.1, 0.15) is 12.3 Å². The third-order valence-electron chi connectivity index (χ3n) is 5.10. The van der Waals surface area contributed by atoms with E-state index in [-0.39, 0.29) is 24.5 Å². The van der Waals surface area contributed by atoms with Crippen LogP contribution in [0.2, 0.25) is 0 Å². The van der Waals surface area contributed by atoms with Gasteiger partial charge in [-0.25, -0.2) is 4.79 Å². The van der Waals surface area contributed by atoms with Gasteiger partial charge in [-0.05, 0) is 44.0 Å². The second-order valence-electron chi connectivity index (χ2n) is 7.20. The van der Waals surface area contributed by atoms with Gasteiger partial charge >= 0.3 is 6.03 Å². The normalized spacial score (nSPS) is 15.4. The lowest BCUT2D eigenvalue weighted by atomic mass is 10.0. The Kier molecular flexibility index (Phi) is 5.87. The molecule has 0 saturated carbocycles. The van der Waals surface area contributed by atoms with E-state index in [9.17, 15) is 9.59 Å². The van der Waals surface area contributed by atoms with Gasteiger partial charge in [0.2, 0.25) is 5.91 Å². The van der Waals surface area contributed by atoms with Crippen LogP contribution in [0, 0.1) is 13.8 Å². The Balaban J connectivity index is 1.63. The molecule has 148 valence electrons. The Morgan fingerprint density at radius 2 is 1.93 bits per heavy atom. The number of urea groups is 1. The molecule has 3 amide bonds. The zero-order valence-corrected chi connectivity index (χ0v) is 16.9. The van der Waals surface area contributed by atoms with Crippen LogP contribution < -0.4 is 15.0 Å². The molecule has 1 aliphatic rings. The summed E-state index contributed by atoms with van der Waals surface area (Å²) in [4.78, 5) is 28.6. The zero-order chi connectivity index (χ0) is 20.3. The molecular formula is C22H27N3O3. The molecule has 2 aromatic carbocycles. The number of amides is 3. The number of carbonyl (C=O) groups is 2. The maximum absolute atomic E-state index is 12.7. The van der Waals surface area contributed by atoms with Crippen molar-refractivity contribution in [3.05, 3.63) is 59.2 Å². The maximum atomic E-state index is 12.7. The summed E-state index contributed by atoms with van der Waals surface area (Å²) in [7, 11) is 1.60. The quantitative estimate of drug-likeness (QED) is 0.883. The SMILES string of the molecule is COc1cccc(N2CCN(C(=O)NC(C)c3ccc(C)cc3C)CC2=O)c1. The van der Waals surface area contributed by atoms with Gasteiger partial charge in [-0.3, -0.25) is 4.79 Å². The summed E-state index contributed by atoms with van der Waals surface area (Å²) >= 11 is 0. The largest absolute Gasteiger partial charge is 0.497 e. The highest BCUT2D eigenvalue weighted by molar-refractivity contribution is 5.97. The fourth-order valence-electron chi connectivity index (χ4n) is 3.56. The second-order valence-corrected chi connectivity index (χ2v) is 7.20. The van der Waals surface area contributed by atoms with Gasteiger partial charge in [-0.15, -0.1) is 0 Å². The molecule has 6 heteroatoms. The molecule has 1 N–H and O–H groups in total. The highest BCUT2D eigenvalue weighted by Gasteiger charge is 2.29. The number of aryl methyl sites for hydroxylation is 2. The number of nitrogens with zero attached hydrogens (tertiary/aromatic N) is 2. The zero-order valence-electron chi connectivity index (χ0n) is 16.9. The Morgan fingerprint density at radius 1 is 1.14 bits per heavy atom. The van der Waals surface area contributed by atoms with E-state index in [0.717, 1.165) is 16.8 Å². The molecule has 2 aromatic rings. The number of hydrogen-bond donors (Lipinski definition) is 1. The summed E-state index contributed by atoms with van der Waals surface area (Å²) in [5, 5.41) is 3.02. The summed E-state index contributed by atoms with van der Waals surface area (Å²) in [5.74, 6) is 0.599. The van der Waals surface area contributed by atoms with Crippen molar-refractivity contribution in [2.24, 2.45) is 0 Å². The van der Waals surface area contributed by atoms with E-state index in [1.54, 1.807) is 16.9 Å². The van der Waals surface area contributed by atoms with Gasteiger partial charge in [-0.2, -0.15) is 0 Å². The lowest BCUT2D eigenvalue weighted by Crippen LogP contribution is -2.55.